The van der Waals surface area contributed by atoms with E-state index in [0.29, 0.717) is 0 Å². The van der Waals surface area contributed by atoms with Gasteiger partial charge in [0.05, 0.1) is 0 Å². The Labute approximate surface area is 170 Å². The number of aromatic nitrogens is 1. The van der Waals surface area contributed by atoms with Gasteiger partial charge in [-0.3, -0.25) is 4.98 Å². The minimum absolute atomic E-state index is 1.05. The van der Waals surface area contributed by atoms with E-state index < -0.39 is 0 Å². The van der Waals surface area contributed by atoms with E-state index in [1.807, 2.05) is 6.20 Å². The first kappa shape index (κ1) is 20.3. The molecule has 0 unspecified atom stereocenters. The second kappa shape index (κ2) is 10.8. The Kier molecular flexibility index (Phi) is 7.84. The number of hydrogen-bond acceptors (Lipinski definition) is 1. The lowest BCUT2D eigenvalue weighted by molar-refractivity contribution is 0.632. The fraction of sp³-hybridized carbons (Fsp3) is 0.370. The fourth-order valence-corrected chi connectivity index (χ4v) is 3.65. The largest absolute Gasteiger partial charge is 0.261 e. The van der Waals surface area contributed by atoms with Gasteiger partial charge < -0.3 is 0 Å². The van der Waals surface area contributed by atoms with Gasteiger partial charge in [-0.2, -0.15) is 0 Å². The van der Waals surface area contributed by atoms with Crippen LogP contribution in [0.2, 0.25) is 0 Å². The molecular weight excluding hydrogens is 338 g/mol. The summed E-state index contributed by atoms with van der Waals surface area (Å²) in [4.78, 5) is 4.58. The van der Waals surface area contributed by atoms with E-state index in [-0.39, 0.29) is 0 Å². The predicted molar refractivity (Wildman–Crippen MR) is 122 cm³/mol. The van der Waals surface area contributed by atoms with E-state index in [9.17, 15) is 0 Å². The highest BCUT2D eigenvalue weighted by molar-refractivity contribution is 5.70. The summed E-state index contributed by atoms with van der Waals surface area (Å²) >= 11 is 0. The molecule has 0 saturated heterocycles. The van der Waals surface area contributed by atoms with Crippen molar-refractivity contribution >= 4 is 0 Å². The zero-order valence-corrected chi connectivity index (χ0v) is 17.5. The van der Waals surface area contributed by atoms with Crippen LogP contribution in [0.3, 0.4) is 0 Å². The van der Waals surface area contributed by atoms with E-state index in [2.05, 4.69) is 79.5 Å². The van der Waals surface area contributed by atoms with Crippen molar-refractivity contribution in [2.24, 2.45) is 0 Å². The van der Waals surface area contributed by atoms with Crippen LogP contribution in [0.5, 0.6) is 0 Å². The Morgan fingerprint density at radius 2 is 1.11 bits per heavy atom. The minimum atomic E-state index is 1.05. The third kappa shape index (κ3) is 5.79. The van der Waals surface area contributed by atoms with Crippen LogP contribution in [-0.2, 0) is 12.8 Å². The highest BCUT2D eigenvalue weighted by atomic mass is 14.7. The molecule has 0 fully saturated rings. The number of hydrogen-bond donors (Lipinski definition) is 0. The lowest BCUT2D eigenvalue weighted by atomic mass is 9.99. The van der Waals surface area contributed by atoms with Crippen LogP contribution in [0.1, 0.15) is 63.6 Å². The molecule has 1 heteroatoms. The average molecular weight is 372 g/mol. The molecule has 0 aliphatic rings. The molecule has 0 saturated carbocycles. The molecule has 0 aliphatic carbocycles. The van der Waals surface area contributed by atoms with E-state index >= 15 is 0 Å². The van der Waals surface area contributed by atoms with Gasteiger partial charge >= 0.3 is 0 Å². The molecular formula is C27H33N. The maximum Gasteiger partial charge on any atom is 0.0403 e. The van der Waals surface area contributed by atoms with Gasteiger partial charge in [-0.05, 0) is 47.6 Å². The standard InChI is InChI=1S/C27H33N/c1-3-5-6-7-8-10-22-11-13-23(14-12-22)24-15-17-25(18-16-24)26-19-20-27(9-4-2)28-21-26/h11-21H,3-10H2,1-2H3. The van der Waals surface area contributed by atoms with Crippen molar-refractivity contribution in [3.8, 4) is 22.3 Å². The lowest BCUT2D eigenvalue weighted by Crippen LogP contribution is -1.89. The van der Waals surface area contributed by atoms with Crippen LogP contribution in [0.15, 0.2) is 66.9 Å². The number of aryl methyl sites for hydroxylation is 2. The van der Waals surface area contributed by atoms with Crippen LogP contribution in [0.4, 0.5) is 0 Å². The van der Waals surface area contributed by atoms with E-state index in [0.717, 1.165) is 12.8 Å². The first-order valence-electron chi connectivity index (χ1n) is 10.9. The zero-order valence-electron chi connectivity index (χ0n) is 17.5. The Morgan fingerprint density at radius 1 is 0.536 bits per heavy atom. The predicted octanol–water partition coefficient (Wildman–Crippen LogP) is 7.88. The molecule has 0 radical (unpaired) electrons. The van der Waals surface area contributed by atoms with Crippen LogP contribution in [0.25, 0.3) is 22.3 Å². The van der Waals surface area contributed by atoms with Crippen molar-refractivity contribution in [2.75, 3.05) is 0 Å². The number of benzene rings is 2. The van der Waals surface area contributed by atoms with Crippen molar-refractivity contribution in [3.63, 3.8) is 0 Å². The first-order chi connectivity index (χ1) is 13.8. The quantitative estimate of drug-likeness (QED) is 0.330. The van der Waals surface area contributed by atoms with Crippen LogP contribution in [-0.4, -0.2) is 4.98 Å². The molecule has 1 heterocycles. The van der Waals surface area contributed by atoms with E-state index in [4.69, 9.17) is 0 Å². The van der Waals surface area contributed by atoms with Crippen LogP contribution < -0.4 is 0 Å². The van der Waals surface area contributed by atoms with E-state index in [1.165, 1.54) is 72.0 Å². The van der Waals surface area contributed by atoms with Crippen LogP contribution in [0, 0.1) is 0 Å². The van der Waals surface area contributed by atoms with Gasteiger partial charge in [0.25, 0.3) is 0 Å². The number of pyridine rings is 1. The highest BCUT2D eigenvalue weighted by Gasteiger charge is 2.02. The van der Waals surface area contributed by atoms with Gasteiger partial charge in [0.15, 0.2) is 0 Å². The third-order valence-corrected chi connectivity index (χ3v) is 5.41. The van der Waals surface area contributed by atoms with Crippen molar-refractivity contribution in [1.29, 1.82) is 0 Å². The number of rotatable bonds is 10. The molecule has 146 valence electrons. The van der Waals surface area contributed by atoms with Gasteiger partial charge in [0.1, 0.15) is 0 Å². The van der Waals surface area contributed by atoms with Gasteiger partial charge in [0, 0.05) is 17.5 Å². The highest BCUT2D eigenvalue weighted by Crippen LogP contribution is 2.25. The summed E-state index contributed by atoms with van der Waals surface area (Å²) in [5.41, 5.74) is 7.60. The smallest absolute Gasteiger partial charge is 0.0403 e. The second-order valence-electron chi connectivity index (χ2n) is 7.73. The molecule has 1 aromatic heterocycles. The molecule has 0 bridgehead atoms. The molecule has 2 aromatic carbocycles. The average Bonchev–Trinajstić information content (AvgIpc) is 2.75. The number of unbranched alkanes of at least 4 members (excludes halogenated alkanes) is 4. The van der Waals surface area contributed by atoms with Crippen molar-refractivity contribution in [1.82, 2.24) is 4.98 Å². The van der Waals surface area contributed by atoms with Crippen molar-refractivity contribution in [3.05, 3.63) is 78.1 Å². The van der Waals surface area contributed by atoms with Gasteiger partial charge in [-0.25, -0.2) is 0 Å². The zero-order chi connectivity index (χ0) is 19.6. The van der Waals surface area contributed by atoms with Gasteiger partial charge in [-0.15, -0.1) is 0 Å². The molecule has 3 rings (SSSR count). The SMILES string of the molecule is CCCCCCCc1ccc(-c2ccc(-c3ccc(CCC)nc3)cc2)cc1. The van der Waals surface area contributed by atoms with Gasteiger partial charge in [-0.1, -0.05) is 101 Å². The Hall–Kier alpha value is -2.41. The Morgan fingerprint density at radius 3 is 1.68 bits per heavy atom. The molecule has 0 amide bonds. The topological polar surface area (TPSA) is 12.9 Å². The molecule has 0 aliphatic heterocycles. The summed E-state index contributed by atoms with van der Waals surface area (Å²) in [6.07, 6.45) is 12.1. The van der Waals surface area contributed by atoms with Crippen molar-refractivity contribution in [2.45, 2.75) is 65.2 Å². The summed E-state index contributed by atoms with van der Waals surface area (Å²) in [5.74, 6) is 0. The number of nitrogens with zero attached hydrogens (tertiary/aromatic N) is 1. The molecule has 1 nitrogen and oxygen atoms in total. The van der Waals surface area contributed by atoms with Crippen LogP contribution >= 0.6 is 0 Å². The molecule has 0 spiro atoms. The fourth-order valence-electron chi connectivity index (χ4n) is 3.65. The second-order valence-corrected chi connectivity index (χ2v) is 7.73. The lowest BCUT2D eigenvalue weighted by Gasteiger charge is -2.07. The van der Waals surface area contributed by atoms with Crippen molar-refractivity contribution < 1.29 is 0 Å². The maximum absolute atomic E-state index is 4.58. The normalized spacial score (nSPS) is 10.9. The Bertz CT molecular complexity index is 814. The third-order valence-electron chi connectivity index (χ3n) is 5.41. The Balaban J connectivity index is 1.60. The molecule has 3 aromatic rings. The summed E-state index contributed by atoms with van der Waals surface area (Å²) in [5, 5.41) is 0. The first-order valence-corrected chi connectivity index (χ1v) is 10.9. The molecule has 28 heavy (non-hydrogen) atoms. The van der Waals surface area contributed by atoms with Gasteiger partial charge in [0.2, 0.25) is 0 Å². The monoisotopic (exact) mass is 371 g/mol. The van der Waals surface area contributed by atoms with E-state index in [1.54, 1.807) is 0 Å². The molecule has 0 atom stereocenters. The summed E-state index contributed by atoms with van der Waals surface area (Å²) < 4.78 is 0. The summed E-state index contributed by atoms with van der Waals surface area (Å²) in [6, 6.07) is 22.3. The minimum Gasteiger partial charge on any atom is -0.261 e. The maximum atomic E-state index is 4.58. The molecule has 0 N–H and O–H groups in total. The summed E-state index contributed by atoms with van der Waals surface area (Å²) in [6.45, 7) is 4.46. The summed E-state index contributed by atoms with van der Waals surface area (Å²) in [7, 11) is 0.